The largest absolute Gasteiger partial charge is 0.483 e. The zero-order valence-corrected chi connectivity index (χ0v) is 12.7. The van der Waals surface area contributed by atoms with Gasteiger partial charge in [0.15, 0.2) is 6.61 Å². The molecular weight excluding hydrogens is 288 g/mol. The van der Waals surface area contributed by atoms with Crippen LogP contribution in [0.4, 0.5) is 14.5 Å². The van der Waals surface area contributed by atoms with Crippen LogP contribution >= 0.6 is 0 Å². The molecule has 22 heavy (non-hydrogen) atoms. The number of carbonyl (C=O) groups excluding carboxylic acids is 1. The molecule has 0 saturated carbocycles. The standard InChI is InChI=1S/C17H17F2NO2/c1-10-4-5-11(2)17(12(10)3)22-9-16(21)20-15-7-13(18)6-14(19)8-15/h4-8H,9H2,1-3H3,(H,20,21). The lowest BCUT2D eigenvalue weighted by atomic mass is 10.1. The quantitative estimate of drug-likeness (QED) is 0.930. The van der Waals surface area contributed by atoms with Gasteiger partial charge in [-0.15, -0.1) is 0 Å². The fourth-order valence-electron chi connectivity index (χ4n) is 2.11. The van der Waals surface area contributed by atoms with E-state index >= 15 is 0 Å². The van der Waals surface area contributed by atoms with Gasteiger partial charge in [0.2, 0.25) is 0 Å². The van der Waals surface area contributed by atoms with E-state index in [1.165, 1.54) is 0 Å². The third kappa shape index (κ3) is 3.81. The smallest absolute Gasteiger partial charge is 0.262 e. The normalized spacial score (nSPS) is 10.4. The highest BCUT2D eigenvalue weighted by Crippen LogP contribution is 2.25. The Balaban J connectivity index is 2.03. The van der Waals surface area contributed by atoms with E-state index in [0.29, 0.717) is 5.75 Å². The average molecular weight is 305 g/mol. The van der Waals surface area contributed by atoms with Crippen molar-refractivity contribution in [2.75, 3.05) is 11.9 Å². The number of carbonyl (C=O) groups is 1. The molecule has 0 radical (unpaired) electrons. The van der Waals surface area contributed by atoms with E-state index < -0.39 is 17.5 Å². The van der Waals surface area contributed by atoms with E-state index in [-0.39, 0.29) is 12.3 Å². The maximum absolute atomic E-state index is 13.1. The molecule has 0 aliphatic rings. The zero-order valence-electron chi connectivity index (χ0n) is 12.7. The fraction of sp³-hybridized carbons (Fsp3) is 0.235. The first-order valence-electron chi connectivity index (χ1n) is 6.82. The van der Waals surface area contributed by atoms with Crippen molar-refractivity contribution in [2.24, 2.45) is 0 Å². The van der Waals surface area contributed by atoms with Gasteiger partial charge < -0.3 is 10.1 Å². The van der Waals surface area contributed by atoms with Gasteiger partial charge in [0, 0.05) is 11.8 Å². The van der Waals surface area contributed by atoms with Crippen molar-refractivity contribution in [1.82, 2.24) is 0 Å². The maximum Gasteiger partial charge on any atom is 0.262 e. The van der Waals surface area contributed by atoms with E-state index in [4.69, 9.17) is 4.74 Å². The van der Waals surface area contributed by atoms with Crippen LogP contribution in [0, 0.1) is 32.4 Å². The minimum Gasteiger partial charge on any atom is -0.483 e. The highest BCUT2D eigenvalue weighted by Gasteiger charge is 2.10. The lowest BCUT2D eigenvalue weighted by Crippen LogP contribution is -2.21. The monoisotopic (exact) mass is 305 g/mol. The average Bonchev–Trinajstić information content (AvgIpc) is 2.42. The molecule has 0 saturated heterocycles. The second-order valence-electron chi connectivity index (χ2n) is 5.15. The topological polar surface area (TPSA) is 38.3 Å². The van der Waals surface area contributed by atoms with E-state index in [9.17, 15) is 13.6 Å². The van der Waals surface area contributed by atoms with E-state index in [1.807, 2.05) is 32.9 Å². The summed E-state index contributed by atoms with van der Waals surface area (Å²) in [7, 11) is 0. The van der Waals surface area contributed by atoms with Gasteiger partial charge in [0.25, 0.3) is 5.91 Å². The molecule has 0 aliphatic heterocycles. The molecule has 0 heterocycles. The molecule has 1 N–H and O–H groups in total. The van der Waals surface area contributed by atoms with Gasteiger partial charge in [-0.3, -0.25) is 4.79 Å². The van der Waals surface area contributed by atoms with Crippen LogP contribution in [0.2, 0.25) is 0 Å². The Labute approximate surface area is 127 Å². The van der Waals surface area contributed by atoms with E-state index in [2.05, 4.69) is 5.32 Å². The number of nitrogens with one attached hydrogen (secondary N) is 1. The van der Waals surface area contributed by atoms with Crippen molar-refractivity contribution < 1.29 is 18.3 Å². The Morgan fingerprint density at radius 2 is 1.64 bits per heavy atom. The summed E-state index contributed by atoms with van der Waals surface area (Å²) in [4.78, 5) is 11.8. The number of anilines is 1. The molecule has 116 valence electrons. The number of hydrogen-bond acceptors (Lipinski definition) is 2. The first kappa shape index (κ1) is 15.9. The minimum absolute atomic E-state index is 0.0591. The van der Waals surface area contributed by atoms with Gasteiger partial charge in [-0.05, 0) is 49.6 Å². The summed E-state index contributed by atoms with van der Waals surface area (Å²) in [6.45, 7) is 5.53. The molecule has 0 spiro atoms. The Morgan fingerprint density at radius 3 is 2.27 bits per heavy atom. The molecule has 2 rings (SSSR count). The van der Waals surface area contributed by atoms with E-state index in [1.54, 1.807) is 0 Å². The first-order valence-corrected chi connectivity index (χ1v) is 6.82. The number of halogens is 2. The van der Waals surface area contributed by atoms with Crippen molar-refractivity contribution in [3.05, 3.63) is 58.7 Å². The van der Waals surface area contributed by atoms with Crippen LogP contribution in [0.25, 0.3) is 0 Å². The molecule has 3 nitrogen and oxygen atoms in total. The lowest BCUT2D eigenvalue weighted by Gasteiger charge is -2.14. The van der Waals surface area contributed by atoms with Crippen LogP contribution in [0.15, 0.2) is 30.3 Å². The number of rotatable bonds is 4. The molecule has 0 aromatic heterocycles. The second kappa shape index (κ2) is 6.56. The molecule has 0 aliphatic carbocycles. The van der Waals surface area contributed by atoms with Crippen LogP contribution in [-0.4, -0.2) is 12.5 Å². The molecule has 2 aromatic carbocycles. The summed E-state index contributed by atoms with van der Waals surface area (Å²) >= 11 is 0. The van der Waals surface area contributed by atoms with Crippen molar-refractivity contribution >= 4 is 11.6 Å². The molecule has 2 aromatic rings. The van der Waals surface area contributed by atoms with Crippen LogP contribution in [0.3, 0.4) is 0 Å². The van der Waals surface area contributed by atoms with Gasteiger partial charge in [-0.1, -0.05) is 12.1 Å². The number of benzene rings is 2. The molecular formula is C17H17F2NO2. The van der Waals surface area contributed by atoms with E-state index in [0.717, 1.165) is 34.9 Å². The third-order valence-electron chi connectivity index (χ3n) is 3.37. The van der Waals surface area contributed by atoms with Crippen LogP contribution in [0.1, 0.15) is 16.7 Å². The molecule has 0 atom stereocenters. The van der Waals surface area contributed by atoms with Crippen molar-refractivity contribution in [3.8, 4) is 5.75 Å². The Morgan fingerprint density at radius 1 is 1.05 bits per heavy atom. The summed E-state index contributed by atoms with van der Waals surface area (Å²) < 4.78 is 31.7. The van der Waals surface area contributed by atoms with Crippen LogP contribution in [0.5, 0.6) is 5.75 Å². The highest BCUT2D eigenvalue weighted by molar-refractivity contribution is 5.91. The first-order chi connectivity index (χ1) is 10.4. The van der Waals surface area contributed by atoms with Crippen molar-refractivity contribution in [2.45, 2.75) is 20.8 Å². The summed E-state index contributed by atoms with van der Waals surface area (Å²) in [5, 5.41) is 2.40. The van der Waals surface area contributed by atoms with Crippen LogP contribution < -0.4 is 10.1 Å². The van der Waals surface area contributed by atoms with Gasteiger partial charge in [-0.2, -0.15) is 0 Å². The molecule has 0 bridgehead atoms. The molecule has 0 fully saturated rings. The Bertz CT molecular complexity index is 694. The summed E-state index contributed by atoms with van der Waals surface area (Å²) in [6, 6.07) is 6.73. The number of amides is 1. The lowest BCUT2D eigenvalue weighted by molar-refractivity contribution is -0.118. The molecule has 1 amide bonds. The summed E-state index contributed by atoms with van der Waals surface area (Å²) in [6.07, 6.45) is 0. The third-order valence-corrected chi connectivity index (χ3v) is 3.37. The zero-order chi connectivity index (χ0) is 16.3. The fourth-order valence-corrected chi connectivity index (χ4v) is 2.11. The van der Waals surface area contributed by atoms with Crippen molar-refractivity contribution in [1.29, 1.82) is 0 Å². The van der Waals surface area contributed by atoms with Gasteiger partial charge in [0.1, 0.15) is 17.4 Å². The molecule has 5 heteroatoms. The van der Waals surface area contributed by atoms with Gasteiger partial charge >= 0.3 is 0 Å². The summed E-state index contributed by atoms with van der Waals surface area (Å²) in [5.41, 5.74) is 3.01. The Hall–Kier alpha value is -2.43. The summed E-state index contributed by atoms with van der Waals surface area (Å²) in [5.74, 6) is -1.32. The SMILES string of the molecule is Cc1ccc(C)c(OCC(=O)Nc2cc(F)cc(F)c2)c1C. The van der Waals surface area contributed by atoms with Gasteiger partial charge in [0.05, 0.1) is 0 Å². The number of hydrogen-bond donors (Lipinski definition) is 1. The van der Waals surface area contributed by atoms with Crippen LogP contribution in [-0.2, 0) is 4.79 Å². The number of ether oxygens (including phenoxy) is 1. The van der Waals surface area contributed by atoms with Crippen molar-refractivity contribution in [3.63, 3.8) is 0 Å². The molecule has 0 unspecified atom stereocenters. The maximum atomic E-state index is 13.1. The predicted octanol–water partition coefficient (Wildman–Crippen LogP) is 3.91. The highest BCUT2D eigenvalue weighted by atomic mass is 19.1. The Kier molecular flexibility index (Phi) is 4.75. The predicted molar refractivity (Wildman–Crippen MR) is 81.1 cm³/mol. The second-order valence-corrected chi connectivity index (χ2v) is 5.15. The minimum atomic E-state index is -0.749. The van der Waals surface area contributed by atoms with Gasteiger partial charge in [-0.25, -0.2) is 8.78 Å². The number of aryl methyl sites for hydroxylation is 2.